The summed E-state index contributed by atoms with van der Waals surface area (Å²) in [7, 11) is 0. The summed E-state index contributed by atoms with van der Waals surface area (Å²) >= 11 is 0. The highest BCUT2D eigenvalue weighted by molar-refractivity contribution is 5.77. The van der Waals surface area contributed by atoms with Crippen molar-refractivity contribution in [3.8, 4) is 0 Å². The van der Waals surface area contributed by atoms with Crippen molar-refractivity contribution in [1.82, 2.24) is 5.32 Å². The van der Waals surface area contributed by atoms with Crippen LogP contribution in [0.1, 0.15) is 44.1 Å². The molecule has 1 saturated carbocycles. The lowest BCUT2D eigenvalue weighted by atomic mass is 10.0. The van der Waals surface area contributed by atoms with Crippen LogP contribution in [0.4, 0.5) is 4.39 Å². The Hall–Kier alpha value is -1.42. The molecular formula is C15H21FN2O. The lowest BCUT2D eigenvalue weighted by molar-refractivity contribution is -0.122. The van der Waals surface area contributed by atoms with Gasteiger partial charge in [-0.05, 0) is 49.9 Å². The Morgan fingerprint density at radius 1 is 1.32 bits per heavy atom. The summed E-state index contributed by atoms with van der Waals surface area (Å²) in [5, 5.41) is 3.05. The monoisotopic (exact) mass is 264 g/mol. The summed E-state index contributed by atoms with van der Waals surface area (Å²) < 4.78 is 13.2. The second-order valence-corrected chi connectivity index (χ2v) is 5.24. The minimum absolute atomic E-state index is 0.0544. The van der Waals surface area contributed by atoms with Crippen LogP contribution in [0.5, 0.6) is 0 Å². The molecule has 0 aliphatic heterocycles. The van der Waals surface area contributed by atoms with Crippen molar-refractivity contribution in [1.29, 1.82) is 0 Å². The van der Waals surface area contributed by atoms with Gasteiger partial charge < -0.3 is 11.1 Å². The van der Waals surface area contributed by atoms with E-state index in [1.54, 1.807) is 6.07 Å². The first-order valence-electron chi connectivity index (χ1n) is 6.93. The van der Waals surface area contributed by atoms with Crippen molar-refractivity contribution in [2.24, 2.45) is 5.73 Å². The van der Waals surface area contributed by atoms with Gasteiger partial charge in [0.2, 0.25) is 5.91 Å². The first-order valence-corrected chi connectivity index (χ1v) is 6.93. The number of nitrogens with one attached hydrogen (secondary N) is 1. The van der Waals surface area contributed by atoms with E-state index in [4.69, 9.17) is 5.73 Å². The Kier molecular flexibility index (Phi) is 4.53. The standard InChI is InChI=1S/C15H21FN2O/c16-13-6-4-5-12(11-13)15(8-9-15)18-14(19)7-2-1-3-10-17/h4-6,11H,1-3,7-10,17H2,(H,18,19). The zero-order valence-corrected chi connectivity index (χ0v) is 11.1. The second-order valence-electron chi connectivity index (χ2n) is 5.24. The van der Waals surface area contributed by atoms with E-state index in [-0.39, 0.29) is 17.3 Å². The van der Waals surface area contributed by atoms with Crippen molar-refractivity contribution < 1.29 is 9.18 Å². The molecule has 0 spiro atoms. The topological polar surface area (TPSA) is 55.1 Å². The molecule has 3 nitrogen and oxygen atoms in total. The Labute approximate surface area is 113 Å². The summed E-state index contributed by atoms with van der Waals surface area (Å²) in [6.45, 7) is 0.675. The molecule has 1 aliphatic carbocycles. The van der Waals surface area contributed by atoms with Gasteiger partial charge in [0.25, 0.3) is 0 Å². The molecule has 1 fully saturated rings. The first kappa shape index (κ1) is 14.0. The van der Waals surface area contributed by atoms with E-state index >= 15 is 0 Å². The van der Waals surface area contributed by atoms with Gasteiger partial charge in [-0.3, -0.25) is 4.79 Å². The summed E-state index contributed by atoms with van der Waals surface area (Å²) in [5.74, 6) is -0.195. The van der Waals surface area contributed by atoms with E-state index in [0.717, 1.165) is 37.7 Å². The summed E-state index contributed by atoms with van der Waals surface area (Å²) in [6, 6.07) is 6.51. The second kappa shape index (κ2) is 6.15. The van der Waals surface area contributed by atoms with Crippen LogP contribution >= 0.6 is 0 Å². The molecule has 0 atom stereocenters. The number of hydrogen-bond acceptors (Lipinski definition) is 2. The SMILES string of the molecule is NCCCCCC(=O)NC1(c2cccc(F)c2)CC1. The Morgan fingerprint density at radius 3 is 2.74 bits per heavy atom. The number of carbonyl (C=O) groups is 1. The van der Waals surface area contributed by atoms with Crippen LogP contribution < -0.4 is 11.1 Å². The largest absolute Gasteiger partial charge is 0.347 e. The third-order valence-corrected chi connectivity index (χ3v) is 3.61. The van der Waals surface area contributed by atoms with Crippen LogP contribution in [0.15, 0.2) is 24.3 Å². The molecule has 19 heavy (non-hydrogen) atoms. The minimum atomic E-state index is -0.312. The van der Waals surface area contributed by atoms with Gasteiger partial charge in [0.1, 0.15) is 5.82 Å². The molecule has 0 unspecified atom stereocenters. The van der Waals surface area contributed by atoms with Gasteiger partial charge in [-0.25, -0.2) is 4.39 Å². The molecule has 1 aliphatic rings. The van der Waals surface area contributed by atoms with Crippen molar-refractivity contribution in [3.63, 3.8) is 0 Å². The summed E-state index contributed by atoms with van der Waals surface area (Å²) in [5.41, 5.74) is 5.98. The summed E-state index contributed by atoms with van der Waals surface area (Å²) in [6.07, 6.45) is 5.12. The van der Waals surface area contributed by atoms with E-state index in [2.05, 4.69) is 5.32 Å². The average Bonchev–Trinajstić information content (AvgIpc) is 3.16. The number of benzene rings is 1. The van der Waals surface area contributed by atoms with E-state index < -0.39 is 0 Å². The lowest BCUT2D eigenvalue weighted by Gasteiger charge is -2.18. The van der Waals surface area contributed by atoms with E-state index in [9.17, 15) is 9.18 Å². The molecule has 4 heteroatoms. The smallest absolute Gasteiger partial charge is 0.220 e. The van der Waals surface area contributed by atoms with Crippen molar-refractivity contribution in [3.05, 3.63) is 35.6 Å². The van der Waals surface area contributed by atoms with Crippen molar-refractivity contribution >= 4 is 5.91 Å². The van der Waals surface area contributed by atoms with Crippen LogP contribution in [0, 0.1) is 5.82 Å². The van der Waals surface area contributed by atoms with E-state index in [1.807, 2.05) is 6.07 Å². The van der Waals surface area contributed by atoms with Crippen LogP contribution in [-0.4, -0.2) is 12.5 Å². The van der Waals surface area contributed by atoms with Gasteiger partial charge in [-0.1, -0.05) is 18.6 Å². The number of unbranched alkanes of at least 4 members (excludes halogenated alkanes) is 2. The van der Waals surface area contributed by atoms with E-state index in [0.29, 0.717) is 13.0 Å². The van der Waals surface area contributed by atoms with E-state index in [1.165, 1.54) is 12.1 Å². The number of hydrogen-bond donors (Lipinski definition) is 2. The maximum absolute atomic E-state index is 13.2. The quantitative estimate of drug-likeness (QED) is 0.743. The molecule has 0 heterocycles. The third kappa shape index (κ3) is 3.77. The minimum Gasteiger partial charge on any atom is -0.347 e. The maximum Gasteiger partial charge on any atom is 0.220 e. The normalized spacial score (nSPS) is 16.1. The highest BCUT2D eigenvalue weighted by atomic mass is 19.1. The fourth-order valence-electron chi connectivity index (χ4n) is 2.33. The maximum atomic E-state index is 13.2. The van der Waals surface area contributed by atoms with Crippen molar-refractivity contribution in [2.75, 3.05) is 6.54 Å². The number of rotatable bonds is 7. The van der Waals surface area contributed by atoms with Gasteiger partial charge in [0, 0.05) is 6.42 Å². The van der Waals surface area contributed by atoms with Gasteiger partial charge in [-0.15, -0.1) is 0 Å². The lowest BCUT2D eigenvalue weighted by Crippen LogP contribution is -2.34. The highest BCUT2D eigenvalue weighted by Crippen LogP contribution is 2.45. The molecule has 1 aromatic rings. The molecule has 0 bridgehead atoms. The zero-order valence-electron chi connectivity index (χ0n) is 11.1. The fraction of sp³-hybridized carbons (Fsp3) is 0.533. The predicted octanol–water partition coefficient (Wildman–Crippen LogP) is 2.45. The fourth-order valence-corrected chi connectivity index (χ4v) is 2.33. The number of nitrogens with two attached hydrogens (primary N) is 1. The number of halogens is 1. The van der Waals surface area contributed by atoms with Gasteiger partial charge in [0.05, 0.1) is 5.54 Å². The molecule has 1 amide bonds. The number of carbonyl (C=O) groups excluding carboxylic acids is 1. The Bertz CT molecular complexity index is 444. The molecule has 0 saturated heterocycles. The number of amides is 1. The van der Waals surface area contributed by atoms with Gasteiger partial charge in [0.15, 0.2) is 0 Å². The van der Waals surface area contributed by atoms with Gasteiger partial charge in [-0.2, -0.15) is 0 Å². The Morgan fingerprint density at radius 2 is 2.11 bits per heavy atom. The molecule has 2 rings (SSSR count). The molecule has 0 aromatic heterocycles. The zero-order chi connectivity index (χ0) is 13.7. The molecule has 0 radical (unpaired) electrons. The molecule has 104 valence electrons. The van der Waals surface area contributed by atoms with Crippen molar-refractivity contribution in [2.45, 2.75) is 44.1 Å². The Balaban J connectivity index is 1.86. The van der Waals surface area contributed by atoms with Gasteiger partial charge >= 0.3 is 0 Å². The summed E-state index contributed by atoms with van der Waals surface area (Å²) in [4.78, 5) is 11.9. The predicted molar refractivity (Wildman–Crippen MR) is 73.0 cm³/mol. The first-order chi connectivity index (χ1) is 9.16. The molecular weight excluding hydrogens is 243 g/mol. The third-order valence-electron chi connectivity index (χ3n) is 3.61. The molecule has 3 N–H and O–H groups in total. The van der Waals surface area contributed by atoms with Crippen LogP contribution in [0.25, 0.3) is 0 Å². The highest BCUT2D eigenvalue weighted by Gasteiger charge is 2.45. The van der Waals surface area contributed by atoms with Crippen LogP contribution in [-0.2, 0) is 10.3 Å². The van der Waals surface area contributed by atoms with Crippen LogP contribution in [0.3, 0.4) is 0 Å². The average molecular weight is 264 g/mol. The molecule has 1 aromatic carbocycles. The van der Waals surface area contributed by atoms with Crippen LogP contribution in [0.2, 0.25) is 0 Å².